The minimum Gasteiger partial charge on any atom is -0.426 e. The molecule has 0 aliphatic carbocycles. The zero-order chi connectivity index (χ0) is 13.0. The molecule has 19 heavy (non-hydrogen) atoms. The summed E-state index contributed by atoms with van der Waals surface area (Å²) in [6, 6.07) is 0.350. The van der Waals surface area contributed by atoms with Crippen molar-refractivity contribution in [1.29, 1.82) is 0 Å². The molecule has 2 saturated heterocycles. The van der Waals surface area contributed by atoms with Gasteiger partial charge in [0.05, 0.1) is 12.5 Å². The molecule has 2 atom stereocenters. The Morgan fingerprint density at radius 1 is 1.37 bits per heavy atom. The Morgan fingerprint density at radius 2 is 2.16 bits per heavy atom. The monoisotopic (exact) mass is 291 g/mol. The van der Waals surface area contributed by atoms with E-state index in [1.807, 2.05) is 0 Å². The standard InChI is InChI=1S/C11H22BN3O3.ClH/c16-11(8-14-9-3-1-5-13-7-9)15-6-2-4-10(15)12(17)18;/h9-10,13-14,17-18H,1-8H2;1H/t9-,10-;/m0./s1. The van der Waals surface area contributed by atoms with E-state index in [1.54, 1.807) is 4.90 Å². The van der Waals surface area contributed by atoms with Crippen molar-refractivity contribution in [3.63, 3.8) is 0 Å². The molecule has 2 heterocycles. The summed E-state index contributed by atoms with van der Waals surface area (Å²) in [5.74, 6) is -0.458. The number of halogens is 1. The Morgan fingerprint density at radius 3 is 2.79 bits per heavy atom. The number of piperidine rings is 1. The van der Waals surface area contributed by atoms with Crippen LogP contribution in [-0.4, -0.2) is 66.1 Å². The zero-order valence-corrected chi connectivity index (χ0v) is 11.9. The van der Waals surface area contributed by atoms with Gasteiger partial charge in [-0.15, -0.1) is 12.4 Å². The van der Waals surface area contributed by atoms with Gasteiger partial charge in [-0.05, 0) is 32.2 Å². The molecule has 110 valence electrons. The van der Waals surface area contributed by atoms with Crippen molar-refractivity contribution >= 4 is 25.4 Å². The van der Waals surface area contributed by atoms with Crippen LogP contribution >= 0.6 is 12.4 Å². The third-order valence-corrected chi connectivity index (χ3v) is 3.80. The van der Waals surface area contributed by atoms with Gasteiger partial charge in [-0.25, -0.2) is 0 Å². The summed E-state index contributed by atoms with van der Waals surface area (Å²) in [4.78, 5) is 13.6. The second kappa shape index (κ2) is 8.06. The van der Waals surface area contributed by atoms with Crippen LogP contribution in [0, 0.1) is 0 Å². The van der Waals surface area contributed by atoms with Gasteiger partial charge in [0.1, 0.15) is 0 Å². The lowest BCUT2D eigenvalue weighted by molar-refractivity contribution is -0.130. The fourth-order valence-corrected chi connectivity index (χ4v) is 2.77. The summed E-state index contributed by atoms with van der Waals surface area (Å²) >= 11 is 0. The first-order valence-electron chi connectivity index (χ1n) is 6.78. The smallest absolute Gasteiger partial charge is 0.426 e. The maximum absolute atomic E-state index is 12.0. The van der Waals surface area contributed by atoms with Crippen LogP contribution in [0.1, 0.15) is 25.7 Å². The molecule has 8 heteroatoms. The van der Waals surface area contributed by atoms with E-state index >= 15 is 0 Å². The van der Waals surface area contributed by atoms with Crippen molar-refractivity contribution in [2.75, 3.05) is 26.2 Å². The molecule has 0 aromatic carbocycles. The lowest BCUT2D eigenvalue weighted by Crippen LogP contribution is -2.51. The average Bonchev–Trinajstić information content (AvgIpc) is 2.86. The van der Waals surface area contributed by atoms with Gasteiger partial charge in [0.25, 0.3) is 0 Å². The van der Waals surface area contributed by atoms with Gasteiger partial charge >= 0.3 is 7.12 Å². The number of hydrogen-bond donors (Lipinski definition) is 4. The van der Waals surface area contributed by atoms with Crippen LogP contribution in [0.4, 0.5) is 0 Å². The van der Waals surface area contributed by atoms with Gasteiger partial charge in [-0.3, -0.25) is 4.79 Å². The largest absolute Gasteiger partial charge is 0.475 e. The molecule has 0 aromatic heterocycles. The topological polar surface area (TPSA) is 84.8 Å². The van der Waals surface area contributed by atoms with Crippen molar-refractivity contribution in [3.05, 3.63) is 0 Å². The number of nitrogens with zero attached hydrogens (tertiary/aromatic N) is 1. The lowest BCUT2D eigenvalue weighted by atomic mass is 9.78. The summed E-state index contributed by atoms with van der Waals surface area (Å²) in [6.45, 7) is 2.87. The number of amides is 1. The first-order valence-corrected chi connectivity index (χ1v) is 6.78. The van der Waals surface area contributed by atoms with Gasteiger partial charge in [0.15, 0.2) is 0 Å². The van der Waals surface area contributed by atoms with Gasteiger partial charge < -0.3 is 25.6 Å². The van der Waals surface area contributed by atoms with Crippen molar-refractivity contribution < 1.29 is 14.8 Å². The molecule has 2 fully saturated rings. The molecule has 0 spiro atoms. The second-order valence-electron chi connectivity index (χ2n) is 5.13. The van der Waals surface area contributed by atoms with Crippen molar-refractivity contribution in [1.82, 2.24) is 15.5 Å². The molecule has 0 aromatic rings. The zero-order valence-electron chi connectivity index (χ0n) is 11.0. The molecule has 0 saturated carbocycles. The van der Waals surface area contributed by atoms with Crippen LogP contribution in [0.15, 0.2) is 0 Å². The maximum atomic E-state index is 12.0. The van der Waals surface area contributed by atoms with E-state index in [9.17, 15) is 14.8 Å². The Bertz CT molecular complexity index is 290. The van der Waals surface area contributed by atoms with E-state index in [4.69, 9.17) is 0 Å². The van der Waals surface area contributed by atoms with E-state index in [0.29, 0.717) is 19.0 Å². The van der Waals surface area contributed by atoms with Gasteiger partial charge in [0.2, 0.25) is 5.91 Å². The van der Waals surface area contributed by atoms with Gasteiger partial charge in [-0.2, -0.15) is 0 Å². The Kier molecular flexibility index (Phi) is 7.10. The van der Waals surface area contributed by atoms with E-state index in [1.165, 1.54) is 0 Å². The molecular weight excluding hydrogens is 268 g/mol. The first kappa shape index (κ1) is 16.7. The van der Waals surface area contributed by atoms with Crippen LogP contribution in [0.25, 0.3) is 0 Å². The highest BCUT2D eigenvalue weighted by Crippen LogP contribution is 2.17. The summed E-state index contributed by atoms with van der Waals surface area (Å²) in [6.07, 6.45) is 3.74. The first-order chi connectivity index (χ1) is 8.68. The summed E-state index contributed by atoms with van der Waals surface area (Å²) < 4.78 is 0. The molecule has 2 rings (SSSR count). The number of nitrogens with one attached hydrogen (secondary N) is 2. The second-order valence-corrected chi connectivity index (χ2v) is 5.13. The minimum atomic E-state index is -1.42. The van der Waals surface area contributed by atoms with Crippen molar-refractivity contribution in [2.45, 2.75) is 37.7 Å². The highest BCUT2D eigenvalue weighted by atomic mass is 35.5. The number of hydrogen-bond acceptors (Lipinski definition) is 5. The summed E-state index contributed by atoms with van der Waals surface area (Å²) in [5, 5.41) is 25.0. The number of likely N-dealkylation sites (tertiary alicyclic amines) is 1. The van der Waals surface area contributed by atoms with Gasteiger partial charge in [-0.1, -0.05) is 0 Å². The molecule has 0 radical (unpaired) electrons. The highest BCUT2D eigenvalue weighted by Gasteiger charge is 2.36. The molecule has 1 amide bonds. The van der Waals surface area contributed by atoms with Crippen molar-refractivity contribution in [2.24, 2.45) is 0 Å². The van der Waals surface area contributed by atoms with Crippen LogP contribution in [-0.2, 0) is 4.79 Å². The Balaban J connectivity index is 0.00000180. The van der Waals surface area contributed by atoms with Crippen LogP contribution in [0.3, 0.4) is 0 Å². The predicted octanol–water partition coefficient (Wildman–Crippen LogP) is -1.25. The summed E-state index contributed by atoms with van der Waals surface area (Å²) in [5.41, 5.74) is 0. The lowest BCUT2D eigenvalue weighted by Gasteiger charge is -2.27. The molecule has 0 unspecified atom stereocenters. The normalized spacial score (nSPS) is 26.9. The number of carbonyl (C=O) groups excluding carboxylic acids is 1. The Labute approximate surface area is 120 Å². The van der Waals surface area contributed by atoms with Crippen LogP contribution in [0.5, 0.6) is 0 Å². The van der Waals surface area contributed by atoms with E-state index < -0.39 is 13.1 Å². The van der Waals surface area contributed by atoms with Crippen LogP contribution in [0.2, 0.25) is 0 Å². The molecule has 6 nitrogen and oxygen atoms in total. The highest BCUT2D eigenvalue weighted by molar-refractivity contribution is 6.43. The minimum absolute atomic E-state index is 0. The summed E-state index contributed by atoms with van der Waals surface area (Å²) in [7, 11) is -1.42. The average molecular weight is 292 g/mol. The van der Waals surface area contributed by atoms with Crippen LogP contribution < -0.4 is 10.6 Å². The molecule has 2 aliphatic rings. The third kappa shape index (κ3) is 4.61. The number of carbonyl (C=O) groups is 1. The molecule has 2 aliphatic heterocycles. The molecular formula is C11H23BClN3O3. The fourth-order valence-electron chi connectivity index (χ4n) is 2.77. The van der Waals surface area contributed by atoms with Gasteiger partial charge in [0, 0.05) is 19.1 Å². The molecule has 0 bridgehead atoms. The SMILES string of the molecule is Cl.O=C(CN[C@H]1CCCNC1)N1CCC[C@H]1B(O)O. The maximum Gasteiger partial charge on any atom is 0.475 e. The van der Waals surface area contributed by atoms with E-state index in [0.717, 1.165) is 32.4 Å². The van der Waals surface area contributed by atoms with E-state index in [-0.39, 0.29) is 24.9 Å². The molecule has 4 N–H and O–H groups in total. The van der Waals surface area contributed by atoms with E-state index in [2.05, 4.69) is 10.6 Å². The third-order valence-electron chi connectivity index (χ3n) is 3.80. The quantitative estimate of drug-likeness (QED) is 0.487. The predicted molar refractivity (Wildman–Crippen MR) is 76.1 cm³/mol. The number of rotatable bonds is 4. The fraction of sp³-hybridized carbons (Fsp3) is 0.909. The Hall–Kier alpha value is -0.335. The van der Waals surface area contributed by atoms with Crippen molar-refractivity contribution in [3.8, 4) is 0 Å².